The van der Waals surface area contributed by atoms with E-state index in [4.69, 9.17) is 11.5 Å². The second kappa shape index (κ2) is 6.38. The molecule has 0 aliphatic carbocycles. The lowest BCUT2D eigenvalue weighted by Crippen LogP contribution is -2.04. The van der Waals surface area contributed by atoms with Gasteiger partial charge in [-0.25, -0.2) is 0 Å². The Morgan fingerprint density at radius 3 is 2.67 bits per heavy atom. The van der Waals surface area contributed by atoms with E-state index in [9.17, 15) is 0 Å². The molecule has 0 aromatic heterocycles. The first kappa shape index (κ1) is 12.0. The quantitative estimate of drug-likeness (QED) is 0.767. The summed E-state index contributed by atoms with van der Waals surface area (Å²) in [5.41, 5.74) is 15.0. The second-order valence-corrected chi connectivity index (χ2v) is 3.56. The van der Waals surface area contributed by atoms with E-state index in [-0.39, 0.29) is 0 Å². The van der Waals surface area contributed by atoms with Gasteiger partial charge in [0.1, 0.15) is 0 Å². The number of hydrogen-bond donors (Lipinski definition) is 2. The lowest BCUT2D eigenvalue weighted by molar-refractivity contribution is 0.962. The highest BCUT2D eigenvalue weighted by Crippen LogP contribution is 2.15. The summed E-state index contributed by atoms with van der Waals surface area (Å²) < 4.78 is 0. The maximum Gasteiger partial charge on any atom is 0.0110 e. The minimum absolute atomic E-state index is 0.582. The van der Waals surface area contributed by atoms with E-state index >= 15 is 0 Å². The molecule has 0 amide bonds. The Labute approximate surface area is 92.0 Å². The lowest BCUT2D eigenvalue weighted by Gasteiger charge is -2.07. The standard InChI is InChI=1S/C13H20N2/c1-2-11-5-6-12(7-9-15)13(10-11)4-3-8-14/h3-6,10H,2,7-9,14-15H2,1H3/b4-3-. The summed E-state index contributed by atoms with van der Waals surface area (Å²) in [7, 11) is 0. The van der Waals surface area contributed by atoms with Gasteiger partial charge < -0.3 is 11.5 Å². The molecule has 0 aliphatic heterocycles. The van der Waals surface area contributed by atoms with Crippen LogP contribution in [0.25, 0.3) is 6.08 Å². The monoisotopic (exact) mass is 204 g/mol. The van der Waals surface area contributed by atoms with E-state index in [2.05, 4.69) is 31.2 Å². The van der Waals surface area contributed by atoms with Crippen LogP contribution in [0, 0.1) is 0 Å². The molecule has 0 radical (unpaired) electrons. The molecule has 4 N–H and O–H groups in total. The fraction of sp³-hybridized carbons (Fsp3) is 0.385. The summed E-state index contributed by atoms with van der Waals surface area (Å²) in [6, 6.07) is 6.56. The van der Waals surface area contributed by atoms with E-state index in [1.54, 1.807) is 0 Å². The third-order valence-electron chi connectivity index (χ3n) is 2.47. The SMILES string of the molecule is CCc1ccc(CCN)c(/C=C\CN)c1. The predicted octanol–water partition coefficient (Wildman–Crippen LogP) is 1.72. The van der Waals surface area contributed by atoms with Gasteiger partial charge in [-0.05, 0) is 36.1 Å². The third kappa shape index (κ3) is 3.50. The van der Waals surface area contributed by atoms with Gasteiger partial charge in [0, 0.05) is 6.54 Å². The van der Waals surface area contributed by atoms with Crippen LogP contribution in [-0.4, -0.2) is 13.1 Å². The van der Waals surface area contributed by atoms with Crippen molar-refractivity contribution in [3.05, 3.63) is 41.0 Å². The van der Waals surface area contributed by atoms with Crippen molar-refractivity contribution in [1.82, 2.24) is 0 Å². The molecule has 0 spiro atoms. The van der Waals surface area contributed by atoms with E-state index in [0.29, 0.717) is 13.1 Å². The first-order valence-electron chi connectivity index (χ1n) is 5.50. The Kier molecular flexibility index (Phi) is 5.08. The molecular formula is C13H20N2. The summed E-state index contributed by atoms with van der Waals surface area (Å²) in [4.78, 5) is 0. The van der Waals surface area contributed by atoms with Gasteiger partial charge in [0.25, 0.3) is 0 Å². The number of nitrogens with two attached hydrogens (primary N) is 2. The topological polar surface area (TPSA) is 52.0 Å². The van der Waals surface area contributed by atoms with Gasteiger partial charge >= 0.3 is 0 Å². The zero-order chi connectivity index (χ0) is 11.1. The Morgan fingerprint density at radius 2 is 2.07 bits per heavy atom. The summed E-state index contributed by atoms with van der Waals surface area (Å²) >= 11 is 0. The lowest BCUT2D eigenvalue weighted by atomic mass is 10.00. The van der Waals surface area contributed by atoms with Gasteiger partial charge in [-0.1, -0.05) is 37.3 Å². The average molecular weight is 204 g/mol. The van der Waals surface area contributed by atoms with Gasteiger partial charge in [-0.15, -0.1) is 0 Å². The van der Waals surface area contributed by atoms with Gasteiger partial charge in [0.05, 0.1) is 0 Å². The molecule has 15 heavy (non-hydrogen) atoms. The van der Waals surface area contributed by atoms with Crippen molar-refractivity contribution in [2.24, 2.45) is 11.5 Å². The van der Waals surface area contributed by atoms with Crippen LogP contribution in [0.1, 0.15) is 23.6 Å². The Balaban J connectivity index is 2.99. The molecule has 0 saturated carbocycles. The minimum Gasteiger partial charge on any atom is -0.330 e. The molecule has 0 heterocycles. The number of rotatable bonds is 5. The van der Waals surface area contributed by atoms with Crippen LogP contribution in [0.5, 0.6) is 0 Å². The molecule has 0 saturated heterocycles. The Bertz CT molecular complexity index is 329. The Morgan fingerprint density at radius 1 is 1.27 bits per heavy atom. The average Bonchev–Trinajstić information content (AvgIpc) is 2.28. The maximum atomic E-state index is 5.58. The maximum absolute atomic E-state index is 5.58. The zero-order valence-electron chi connectivity index (χ0n) is 9.37. The fourth-order valence-corrected chi connectivity index (χ4v) is 1.60. The molecule has 82 valence electrons. The smallest absolute Gasteiger partial charge is 0.0110 e. The fourth-order valence-electron chi connectivity index (χ4n) is 1.60. The first-order chi connectivity index (χ1) is 7.31. The van der Waals surface area contributed by atoms with Gasteiger partial charge in [-0.3, -0.25) is 0 Å². The molecule has 1 aromatic carbocycles. The Hall–Kier alpha value is -1.12. The van der Waals surface area contributed by atoms with Crippen molar-refractivity contribution < 1.29 is 0 Å². The molecule has 0 bridgehead atoms. The summed E-state index contributed by atoms with van der Waals surface area (Å²) in [6.07, 6.45) is 6.06. The molecule has 1 rings (SSSR count). The van der Waals surface area contributed by atoms with Crippen LogP contribution in [0.4, 0.5) is 0 Å². The number of aryl methyl sites for hydroxylation is 1. The third-order valence-corrected chi connectivity index (χ3v) is 2.47. The summed E-state index contributed by atoms with van der Waals surface area (Å²) in [6.45, 7) is 3.43. The molecule has 0 fully saturated rings. The largest absolute Gasteiger partial charge is 0.330 e. The first-order valence-corrected chi connectivity index (χ1v) is 5.50. The number of benzene rings is 1. The normalized spacial score (nSPS) is 11.1. The molecule has 0 unspecified atom stereocenters. The van der Waals surface area contributed by atoms with E-state index in [1.807, 2.05) is 6.08 Å². The van der Waals surface area contributed by atoms with Crippen molar-refractivity contribution in [2.45, 2.75) is 19.8 Å². The molecule has 0 aliphatic rings. The van der Waals surface area contributed by atoms with Crippen LogP contribution >= 0.6 is 0 Å². The van der Waals surface area contributed by atoms with Crippen molar-refractivity contribution in [1.29, 1.82) is 0 Å². The van der Waals surface area contributed by atoms with Crippen LogP contribution < -0.4 is 11.5 Å². The number of hydrogen-bond acceptors (Lipinski definition) is 2. The summed E-state index contributed by atoms with van der Waals surface area (Å²) in [5, 5.41) is 0. The van der Waals surface area contributed by atoms with Crippen LogP contribution in [-0.2, 0) is 12.8 Å². The van der Waals surface area contributed by atoms with Crippen molar-refractivity contribution in [2.75, 3.05) is 13.1 Å². The molecule has 2 nitrogen and oxygen atoms in total. The van der Waals surface area contributed by atoms with E-state index < -0.39 is 0 Å². The van der Waals surface area contributed by atoms with Gasteiger partial charge in [-0.2, -0.15) is 0 Å². The van der Waals surface area contributed by atoms with Gasteiger partial charge in [0.2, 0.25) is 0 Å². The second-order valence-electron chi connectivity index (χ2n) is 3.56. The molecular weight excluding hydrogens is 184 g/mol. The van der Waals surface area contributed by atoms with Crippen molar-refractivity contribution in [3.63, 3.8) is 0 Å². The molecule has 0 atom stereocenters. The van der Waals surface area contributed by atoms with Crippen molar-refractivity contribution >= 4 is 6.08 Å². The highest BCUT2D eigenvalue weighted by atomic mass is 14.5. The minimum atomic E-state index is 0.582. The van der Waals surface area contributed by atoms with Crippen LogP contribution in [0.3, 0.4) is 0 Å². The highest BCUT2D eigenvalue weighted by molar-refractivity contribution is 5.55. The predicted molar refractivity (Wildman–Crippen MR) is 66.7 cm³/mol. The van der Waals surface area contributed by atoms with Crippen LogP contribution in [0.15, 0.2) is 24.3 Å². The van der Waals surface area contributed by atoms with Gasteiger partial charge in [0.15, 0.2) is 0 Å². The summed E-state index contributed by atoms with van der Waals surface area (Å²) in [5.74, 6) is 0. The highest BCUT2D eigenvalue weighted by Gasteiger charge is 1.99. The zero-order valence-corrected chi connectivity index (χ0v) is 9.37. The molecule has 1 aromatic rings. The van der Waals surface area contributed by atoms with Crippen molar-refractivity contribution in [3.8, 4) is 0 Å². The van der Waals surface area contributed by atoms with E-state index in [1.165, 1.54) is 16.7 Å². The van der Waals surface area contributed by atoms with Crippen LogP contribution in [0.2, 0.25) is 0 Å². The van der Waals surface area contributed by atoms with E-state index in [0.717, 1.165) is 12.8 Å². The molecule has 2 heteroatoms.